The summed E-state index contributed by atoms with van der Waals surface area (Å²) in [4.78, 5) is 46.0. The number of ether oxygens (including phenoxy) is 1. The quantitative estimate of drug-likeness (QED) is 0.333. The van der Waals surface area contributed by atoms with Crippen LogP contribution in [0.5, 0.6) is 0 Å². The lowest BCUT2D eigenvalue weighted by Gasteiger charge is -2.23. The van der Waals surface area contributed by atoms with Gasteiger partial charge in [0, 0.05) is 15.9 Å². The predicted octanol–water partition coefficient (Wildman–Crippen LogP) is 0.393. The minimum absolute atomic E-state index is 0.0225. The number of aromatic nitrogens is 2. The van der Waals surface area contributed by atoms with E-state index in [1.54, 1.807) is 0 Å². The summed E-state index contributed by atoms with van der Waals surface area (Å²) < 4.78 is 4.92. The Morgan fingerprint density at radius 1 is 1.33 bits per heavy atom. The molecule has 10 heteroatoms. The fourth-order valence-electron chi connectivity index (χ4n) is 2.47. The minimum Gasteiger partial charge on any atom is -0.805 e. The van der Waals surface area contributed by atoms with Crippen molar-refractivity contribution in [3.63, 3.8) is 0 Å². The summed E-state index contributed by atoms with van der Waals surface area (Å²) in [7, 11) is 0.926. The van der Waals surface area contributed by atoms with Gasteiger partial charge in [-0.05, 0) is 13.0 Å². The number of nitro groups is 1. The van der Waals surface area contributed by atoms with Gasteiger partial charge in [-0.1, -0.05) is 12.1 Å². The highest BCUT2D eigenvalue weighted by Gasteiger charge is 2.45. The molecule has 126 valence electrons. The van der Waals surface area contributed by atoms with Gasteiger partial charge in [0.2, 0.25) is 6.20 Å². The van der Waals surface area contributed by atoms with Crippen molar-refractivity contribution >= 4 is 22.8 Å². The van der Waals surface area contributed by atoms with E-state index in [1.165, 1.54) is 24.3 Å². The number of fused-ring (bicyclic) bond motifs is 1. The number of ketones is 1. The molecule has 1 aromatic heterocycles. The maximum absolute atomic E-state index is 12.5. The van der Waals surface area contributed by atoms with Gasteiger partial charge < -0.3 is 14.7 Å². The smallest absolute Gasteiger partial charge is 0.382 e. The first kappa shape index (κ1) is 17.1. The van der Waals surface area contributed by atoms with Gasteiger partial charge in [0.15, 0.2) is 0 Å². The number of carbonyl (C=O) groups is 2. The molecule has 0 aliphatic rings. The van der Waals surface area contributed by atoms with E-state index >= 15 is 0 Å². The molecular formula is C14H13N3O7. The Hall–Kier alpha value is -3.30. The fraction of sp³-hybridized carbons (Fsp3) is 0.286. The molecule has 0 amide bonds. The van der Waals surface area contributed by atoms with Crippen LogP contribution in [-0.4, -0.2) is 34.6 Å². The van der Waals surface area contributed by atoms with Crippen LogP contribution in [-0.2, 0) is 14.3 Å². The van der Waals surface area contributed by atoms with Crippen molar-refractivity contribution in [2.45, 2.75) is 18.9 Å². The molecule has 2 unspecified atom stereocenters. The Morgan fingerprint density at radius 2 is 1.96 bits per heavy atom. The first-order valence-electron chi connectivity index (χ1n) is 6.75. The first-order chi connectivity index (χ1) is 11.3. The lowest BCUT2D eigenvalue weighted by Crippen LogP contribution is -2.41. The molecule has 0 saturated carbocycles. The topological polar surface area (TPSA) is 137 Å². The summed E-state index contributed by atoms with van der Waals surface area (Å²) in [6.07, 6.45) is 0.765. The molecule has 0 spiro atoms. The van der Waals surface area contributed by atoms with Crippen LogP contribution in [0.25, 0.3) is 11.0 Å². The average Bonchev–Trinajstić information content (AvgIpc) is 2.55. The normalized spacial score (nSPS) is 13.2. The molecule has 2 aromatic rings. The van der Waals surface area contributed by atoms with Crippen LogP contribution in [0.15, 0.2) is 30.5 Å². The Morgan fingerprint density at radius 3 is 2.50 bits per heavy atom. The highest BCUT2D eigenvalue weighted by molar-refractivity contribution is 5.90. The summed E-state index contributed by atoms with van der Waals surface area (Å²) in [5.74, 6) is -3.86. The van der Waals surface area contributed by atoms with Gasteiger partial charge in [0.25, 0.3) is 5.52 Å². The molecule has 0 bridgehead atoms. The molecule has 0 fully saturated rings. The van der Waals surface area contributed by atoms with E-state index in [9.17, 15) is 29.8 Å². The standard InChI is InChI=1S/C14H13N3O7/c1-8(18)12(13(17(22)23)14(19)24-2)11-7-15(20)9-5-3-4-6-10(9)16(11)21/h3-7,12-13H,1-2H3. The number of Topliss-reactive ketones (excluding diaryl/α,β-unsaturated/α-hetero) is 1. The van der Waals surface area contributed by atoms with Crippen molar-refractivity contribution < 1.29 is 23.7 Å². The van der Waals surface area contributed by atoms with Crippen molar-refractivity contribution in [1.29, 1.82) is 0 Å². The molecule has 0 saturated heterocycles. The number of carbonyl (C=O) groups excluding carboxylic acids is 2. The fourth-order valence-corrected chi connectivity index (χ4v) is 2.47. The largest absolute Gasteiger partial charge is 0.805 e. The van der Waals surface area contributed by atoms with Crippen LogP contribution in [0.1, 0.15) is 18.5 Å². The number of esters is 1. The third-order valence-corrected chi connectivity index (χ3v) is 3.56. The first-order valence-corrected chi connectivity index (χ1v) is 6.75. The van der Waals surface area contributed by atoms with Crippen LogP contribution < -0.4 is 4.43 Å². The van der Waals surface area contributed by atoms with E-state index in [-0.39, 0.29) is 15.8 Å². The van der Waals surface area contributed by atoms with Gasteiger partial charge in [-0.3, -0.25) is 14.9 Å². The molecule has 2 atom stereocenters. The molecule has 10 nitrogen and oxygen atoms in total. The second-order valence-electron chi connectivity index (χ2n) is 5.00. The summed E-state index contributed by atoms with van der Waals surface area (Å²) in [5, 5.41) is 23.7. The SMILES string of the molecule is COC(=O)C(C(C(C)=O)c1c[n+](=O)c2ccccc2n1[O-])[N+](=O)[O-]. The van der Waals surface area contributed by atoms with E-state index in [0.29, 0.717) is 4.43 Å². The second kappa shape index (κ2) is 6.44. The molecule has 0 N–H and O–H groups in total. The monoisotopic (exact) mass is 335 g/mol. The van der Waals surface area contributed by atoms with Gasteiger partial charge in [-0.15, -0.1) is 0 Å². The molecule has 1 aromatic carbocycles. The number of hydrogen-bond acceptors (Lipinski definition) is 7. The van der Waals surface area contributed by atoms with Crippen LogP contribution in [0.4, 0.5) is 0 Å². The van der Waals surface area contributed by atoms with Gasteiger partial charge in [0.1, 0.15) is 22.9 Å². The van der Waals surface area contributed by atoms with Crippen LogP contribution in [0.2, 0.25) is 0 Å². The summed E-state index contributed by atoms with van der Waals surface area (Å²) >= 11 is 0. The van der Waals surface area contributed by atoms with Crippen LogP contribution in [0.3, 0.4) is 0 Å². The Bertz CT molecular complexity index is 890. The van der Waals surface area contributed by atoms with Crippen molar-refractivity contribution in [3.05, 3.63) is 56.4 Å². The van der Waals surface area contributed by atoms with Crippen molar-refractivity contribution in [1.82, 2.24) is 4.73 Å². The van der Waals surface area contributed by atoms with E-state index in [1.807, 2.05) is 0 Å². The maximum atomic E-state index is 12.5. The zero-order valence-corrected chi connectivity index (χ0v) is 12.7. The lowest BCUT2D eigenvalue weighted by atomic mass is 9.92. The highest BCUT2D eigenvalue weighted by atomic mass is 16.6. The molecule has 1 heterocycles. The van der Waals surface area contributed by atoms with E-state index in [0.717, 1.165) is 20.2 Å². The Labute approximate surface area is 134 Å². The number of nitrogens with zero attached hydrogens (tertiary/aromatic N) is 3. The summed E-state index contributed by atoms with van der Waals surface area (Å²) in [6, 6.07) is 3.61. The summed E-state index contributed by atoms with van der Waals surface area (Å²) in [5.41, 5.74) is -0.555. The molecule has 2 rings (SSSR count). The molecule has 0 aliphatic heterocycles. The Balaban J connectivity index is 2.77. The predicted molar refractivity (Wildman–Crippen MR) is 80.3 cm³/mol. The van der Waals surface area contributed by atoms with Gasteiger partial charge >= 0.3 is 12.0 Å². The molecule has 0 aliphatic carbocycles. The zero-order valence-electron chi connectivity index (χ0n) is 12.7. The van der Waals surface area contributed by atoms with Crippen molar-refractivity contribution in [2.24, 2.45) is 0 Å². The van der Waals surface area contributed by atoms with Crippen LogP contribution in [0, 0.1) is 20.2 Å². The minimum atomic E-state index is -2.13. The van der Waals surface area contributed by atoms with Gasteiger partial charge in [-0.2, -0.15) is 0 Å². The average molecular weight is 335 g/mol. The number of rotatable bonds is 5. The summed E-state index contributed by atoms with van der Waals surface area (Å²) in [6.45, 7) is 0.994. The number of para-hydroxylation sites is 2. The van der Waals surface area contributed by atoms with Crippen molar-refractivity contribution in [3.8, 4) is 0 Å². The van der Waals surface area contributed by atoms with E-state index < -0.39 is 34.3 Å². The number of methoxy groups -OCH3 is 1. The second-order valence-corrected chi connectivity index (χ2v) is 5.00. The lowest BCUT2D eigenvalue weighted by molar-refractivity contribution is -0.513. The van der Waals surface area contributed by atoms with Crippen LogP contribution >= 0.6 is 0 Å². The molecule has 0 radical (unpaired) electrons. The zero-order chi connectivity index (χ0) is 18.0. The number of benzene rings is 1. The maximum Gasteiger partial charge on any atom is 0.382 e. The number of hydrogen-bond donors (Lipinski definition) is 0. The van der Waals surface area contributed by atoms with Gasteiger partial charge in [0.05, 0.1) is 11.5 Å². The van der Waals surface area contributed by atoms with Crippen molar-refractivity contribution in [2.75, 3.05) is 7.11 Å². The Kier molecular flexibility index (Phi) is 4.58. The van der Waals surface area contributed by atoms with Gasteiger partial charge in [-0.25, -0.2) is 4.79 Å². The highest BCUT2D eigenvalue weighted by Crippen LogP contribution is 2.25. The molecular weight excluding hydrogens is 322 g/mol. The van der Waals surface area contributed by atoms with E-state index in [2.05, 4.69) is 4.74 Å². The van der Waals surface area contributed by atoms with E-state index in [4.69, 9.17) is 0 Å². The third kappa shape index (κ3) is 2.81. The third-order valence-electron chi connectivity index (χ3n) is 3.56. The molecule has 24 heavy (non-hydrogen) atoms.